The monoisotopic (exact) mass is 345 g/mol. The Kier molecular flexibility index (Phi) is 4.96. The molecular formula is C14H15N7O2S. The highest BCUT2D eigenvalue weighted by Gasteiger charge is 2.11. The fourth-order valence-electron chi connectivity index (χ4n) is 1.98. The van der Waals surface area contributed by atoms with Gasteiger partial charge in [-0.3, -0.25) is 19.8 Å². The summed E-state index contributed by atoms with van der Waals surface area (Å²) in [5.41, 5.74) is 1.46. The summed E-state index contributed by atoms with van der Waals surface area (Å²) >= 11 is 1.57. The second-order valence-corrected chi connectivity index (χ2v) is 5.83. The minimum Gasteiger partial charge on any atom is -0.351 e. The van der Waals surface area contributed by atoms with Gasteiger partial charge in [-0.05, 0) is 23.9 Å². The SMILES string of the molecule is O=C(NCCCNC(=O)c1cnn[nH]1)c1cc(-c2cccs2)[nH]n1. The van der Waals surface area contributed by atoms with Crippen molar-refractivity contribution in [2.75, 3.05) is 13.1 Å². The number of thiophene rings is 1. The van der Waals surface area contributed by atoms with Gasteiger partial charge in [-0.15, -0.1) is 16.4 Å². The number of hydrogen-bond donors (Lipinski definition) is 4. The number of aromatic nitrogens is 5. The number of H-pyrrole nitrogens is 2. The Morgan fingerprint density at radius 3 is 2.71 bits per heavy atom. The van der Waals surface area contributed by atoms with Crippen LogP contribution >= 0.6 is 11.3 Å². The Hall–Kier alpha value is -3.01. The van der Waals surface area contributed by atoms with Gasteiger partial charge in [0.2, 0.25) is 0 Å². The standard InChI is InChI=1S/C14H15N7O2S/c22-13(10-7-9(18-19-10)12-3-1-6-24-12)15-4-2-5-16-14(23)11-8-17-21-20-11/h1,3,6-8H,2,4-5H2,(H,15,22)(H,16,23)(H,18,19)(H,17,20,21). The molecule has 4 N–H and O–H groups in total. The van der Waals surface area contributed by atoms with Gasteiger partial charge in [0, 0.05) is 13.1 Å². The molecule has 3 heterocycles. The van der Waals surface area contributed by atoms with Crippen molar-refractivity contribution in [2.45, 2.75) is 6.42 Å². The van der Waals surface area contributed by atoms with Gasteiger partial charge in [-0.1, -0.05) is 11.3 Å². The van der Waals surface area contributed by atoms with Crippen molar-refractivity contribution in [3.8, 4) is 10.6 Å². The third-order valence-electron chi connectivity index (χ3n) is 3.18. The van der Waals surface area contributed by atoms with E-state index in [0.29, 0.717) is 30.9 Å². The van der Waals surface area contributed by atoms with Crippen molar-refractivity contribution >= 4 is 23.2 Å². The third-order valence-corrected chi connectivity index (χ3v) is 4.08. The maximum atomic E-state index is 12.0. The molecule has 0 fully saturated rings. The summed E-state index contributed by atoms with van der Waals surface area (Å²) < 4.78 is 0. The number of hydrogen-bond acceptors (Lipinski definition) is 6. The Labute approximate surface area is 140 Å². The van der Waals surface area contributed by atoms with Crippen LogP contribution in [0.5, 0.6) is 0 Å². The summed E-state index contributed by atoms with van der Waals surface area (Å²) in [5, 5.41) is 23.8. The summed E-state index contributed by atoms with van der Waals surface area (Å²) in [5.74, 6) is -0.530. The molecule has 0 saturated heterocycles. The van der Waals surface area contributed by atoms with Crippen LogP contribution < -0.4 is 10.6 Å². The molecule has 0 aliphatic rings. The van der Waals surface area contributed by atoms with Crippen LogP contribution in [0.15, 0.2) is 29.8 Å². The summed E-state index contributed by atoms with van der Waals surface area (Å²) in [6, 6.07) is 5.61. The predicted molar refractivity (Wildman–Crippen MR) is 87.6 cm³/mol. The highest BCUT2D eigenvalue weighted by atomic mass is 32.1. The number of nitrogens with zero attached hydrogens (tertiary/aromatic N) is 3. The Bertz CT molecular complexity index is 795. The van der Waals surface area contributed by atoms with Crippen LogP contribution in [-0.2, 0) is 0 Å². The minimum atomic E-state index is -0.279. The molecular weight excluding hydrogens is 330 g/mol. The van der Waals surface area contributed by atoms with Crippen molar-refractivity contribution in [3.05, 3.63) is 41.2 Å². The van der Waals surface area contributed by atoms with Crippen molar-refractivity contribution in [1.29, 1.82) is 0 Å². The first-order valence-corrected chi connectivity index (χ1v) is 8.14. The van der Waals surface area contributed by atoms with E-state index >= 15 is 0 Å². The van der Waals surface area contributed by atoms with E-state index in [9.17, 15) is 9.59 Å². The van der Waals surface area contributed by atoms with Crippen molar-refractivity contribution < 1.29 is 9.59 Å². The van der Waals surface area contributed by atoms with Gasteiger partial charge < -0.3 is 10.6 Å². The number of nitrogens with one attached hydrogen (secondary N) is 4. The molecule has 0 spiro atoms. The van der Waals surface area contributed by atoms with Gasteiger partial charge in [-0.2, -0.15) is 5.10 Å². The van der Waals surface area contributed by atoms with E-state index in [2.05, 4.69) is 36.2 Å². The molecule has 0 radical (unpaired) electrons. The van der Waals surface area contributed by atoms with Crippen LogP contribution in [0, 0.1) is 0 Å². The number of aromatic amines is 2. The molecule has 0 aromatic carbocycles. The van der Waals surface area contributed by atoms with E-state index in [0.717, 1.165) is 10.6 Å². The first kappa shape index (κ1) is 15.9. The van der Waals surface area contributed by atoms with Gasteiger partial charge >= 0.3 is 0 Å². The molecule has 24 heavy (non-hydrogen) atoms. The second-order valence-electron chi connectivity index (χ2n) is 4.88. The summed E-state index contributed by atoms with van der Waals surface area (Å²) in [7, 11) is 0. The smallest absolute Gasteiger partial charge is 0.271 e. The van der Waals surface area contributed by atoms with E-state index in [4.69, 9.17) is 0 Å². The maximum Gasteiger partial charge on any atom is 0.271 e. The molecule has 9 nitrogen and oxygen atoms in total. The Morgan fingerprint density at radius 2 is 2.00 bits per heavy atom. The van der Waals surface area contributed by atoms with Crippen LogP contribution in [0.25, 0.3) is 10.6 Å². The zero-order valence-corrected chi connectivity index (χ0v) is 13.4. The zero-order chi connectivity index (χ0) is 16.8. The van der Waals surface area contributed by atoms with Gasteiger partial charge in [0.1, 0.15) is 5.69 Å². The second kappa shape index (κ2) is 7.51. The average molecular weight is 345 g/mol. The van der Waals surface area contributed by atoms with E-state index in [1.165, 1.54) is 6.20 Å². The van der Waals surface area contributed by atoms with Crippen LogP contribution in [0.1, 0.15) is 27.4 Å². The van der Waals surface area contributed by atoms with Gasteiger partial charge in [0.15, 0.2) is 5.69 Å². The number of carbonyl (C=O) groups is 2. The summed E-state index contributed by atoms with van der Waals surface area (Å²) in [6.07, 6.45) is 1.95. The topological polar surface area (TPSA) is 128 Å². The van der Waals surface area contributed by atoms with Crippen LogP contribution in [-0.4, -0.2) is 50.5 Å². The first-order valence-electron chi connectivity index (χ1n) is 7.26. The third kappa shape index (κ3) is 3.84. The molecule has 124 valence electrons. The van der Waals surface area contributed by atoms with Crippen molar-refractivity contribution in [2.24, 2.45) is 0 Å². The lowest BCUT2D eigenvalue weighted by atomic mass is 10.3. The largest absolute Gasteiger partial charge is 0.351 e. The van der Waals surface area contributed by atoms with Gasteiger partial charge in [0.25, 0.3) is 11.8 Å². The highest BCUT2D eigenvalue weighted by Crippen LogP contribution is 2.22. The lowest BCUT2D eigenvalue weighted by molar-refractivity contribution is 0.0946. The summed E-state index contributed by atoms with van der Waals surface area (Å²) in [6.45, 7) is 0.862. The minimum absolute atomic E-state index is 0.252. The predicted octanol–water partition coefficient (Wildman–Crippen LogP) is 0.806. The van der Waals surface area contributed by atoms with Gasteiger partial charge in [-0.25, -0.2) is 0 Å². The van der Waals surface area contributed by atoms with Crippen molar-refractivity contribution in [1.82, 2.24) is 36.2 Å². The van der Waals surface area contributed by atoms with E-state index in [1.807, 2.05) is 17.5 Å². The summed E-state index contributed by atoms with van der Waals surface area (Å²) in [4.78, 5) is 24.7. The molecule has 10 heteroatoms. The highest BCUT2D eigenvalue weighted by molar-refractivity contribution is 7.13. The Morgan fingerprint density at radius 1 is 1.17 bits per heavy atom. The molecule has 3 rings (SSSR count). The maximum absolute atomic E-state index is 12.0. The van der Waals surface area contributed by atoms with E-state index < -0.39 is 0 Å². The molecule has 0 bridgehead atoms. The number of amides is 2. The molecule has 3 aromatic heterocycles. The molecule has 2 amide bonds. The molecule has 0 aliphatic heterocycles. The van der Waals surface area contributed by atoms with Crippen LogP contribution in [0.2, 0.25) is 0 Å². The number of carbonyl (C=O) groups excluding carboxylic acids is 2. The van der Waals surface area contributed by atoms with Crippen LogP contribution in [0.3, 0.4) is 0 Å². The normalized spacial score (nSPS) is 10.5. The fourth-order valence-corrected chi connectivity index (χ4v) is 2.67. The average Bonchev–Trinajstić information content (AvgIpc) is 3.35. The lowest BCUT2D eigenvalue weighted by Gasteiger charge is -2.04. The molecule has 0 aliphatic carbocycles. The fraction of sp³-hybridized carbons (Fsp3) is 0.214. The van der Waals surface area contributed by atoms with E-state index in [1.54, 1.807) is 17.4 Å². The zero-order valence-electron chi connectivity index (χ0n) is 12.6. The molecule has 0 unspecified atom stereocenters. The molecule has 3 aromatic rings. The Balaban J connectivity index is 1.39. The van der Waals surface area contributed by atoms with Gasteiger partial charge in [0.05, 0.1) is 16.8 Å². The van der Waals surface area contributed by atoms with Crippen LogP contribution in [0.4, 0.5) is 0 Å². The molecule has 0 saturated carbocycles. The lowest BCUT2D eigenvalue weighted by Crippen LogP contribution is -2.30. The molecule has 0 atom stereocenters. The number of rotatable bonds is 7. The van der Waals surface area contributed by atoms with Crippen molar-refractivity contribution in [3.63, 3.8) is 0 Å². The first-order chi connectivity index (χ1) is 11.7. The quantitative estimate of drug-likeness (QED) is 0.471. The van der Waals surface area contributed by atoms with E-state index in [-0.39, 0.29) is 11.8 Å².